The Hall–Kier alpha value is -2.73. The molecule has 3 aromatic rings. The van der Waals surface area contributed by atoms with Gasteiger partial charge < -0.3 is 20.4 Å². The number of carbonyl (C=O) groups excluding carboxylic acids is 1. The van der Waals surface area contributed by atoms with Gasteiger partial charge in [0.2, 0.25) is 0 Å². The first-order chi connectivity index (χ1) is 12.9. The number of fused-ring (bicyclic) bond motifs is 1. The molecule has 6 nitrogen and oxygen atoms in total. The van der Waals surface area contributed by atoms with Gasteiger partial charge in [-0.25, -0.2) is 4.98 Å². The fourth-order valence-corrected chi connectivity index (χ4v) is 3.31. The summed E-state index contributed by atoms with van der Waals surface area (Å²) in [5, 5.41) is 3.23. The molecule has 27 heavy (non-hydrogen) atoms. The SMILES string of the molecule is COc1cc(N)c(Cl)cc1C(=O)NCCc1nc2ccccc2n1C(C)C. The highest BCUT2D eigenvalue weighted by Gasteiger charge is 2.16. The molecule has 0 spiro atoms. The zero-order valence-electron chi connectivity index (χ0n) is 15.6. The third-order valence-corrected chi connectivity index (χ3v) is 4.71. The van der Waals surface area contributed by atoms with E-state index in [4.69, 9.17) is 27.1 Å². The average molecular weight is 387 g/mol. The number of rotatable bonds is 6. The predicted octanol–water partition coefficient (Wildman–Crippen LogP) is 3.83. The van der Waals surface area contributed by atoms with Crippen molar-refractivity contribution in [2.75, 3.05) is 19.4 Å². The number of methoxy groups -OCH3 is 1. The van der Waals surface area contributed by atoms with Gasteiger partial charge in [0.1, 0.15) is 11.6 Å². The van der Waals surface area contributed by atoms with Gasteiger partial charge in [-0.3, -0.25) is 4.79 Å². The first-order valence-electron chi connectivity index (χ1n) is 8.79. The second-order valence-corrected chi connectivity index (χ2v) is 6.97. The minimum atomic E-state index is -0.263. The van der Waals surface area contributed by atoms with Crippen molar-refractivity contribution in [2.45, 2.75) is 26.3 Å². The van der Waals surface area contributed by atoms with E-state index in [-0.39, 0.29) is 11.9 Å². The number of benzene rings is 2. The van der Waals surface area contributed by atoms with Gasteiger partial charge in [-0.15, -0.1) is 0 Å². The molecule has 3 N–H and O–H groups in total. The Morgan fingerprint density at radius 2 is 2.07 bits per heavy atom. The van der Waals surface area contributed by atoms with E-state index in [1.54, 1.807) is 6.07 Å². The van der Waals surface area contributed by atoms with E-state index in [1.165, 1.54) is 13.2 Å². The molecule has 0 aliphatic carbocycles. The van der Waals surface area contributed by atoms with E-state index in [2.05, 4.69) is 29.8 Å². The van der Waals surface area contributed by atoms with Gasteiger partial charge in [-0.2, -0.15) is 0 Å². The maximum absolute atomic E-state index is 12.6. The molecule has 2 aromatic carbocycles. The molecule has 0 unspecified atom stereocenters. The molecule has 0 bridgehead atoms. The molecule has 0 fully saturated rings. The molecular formula is C20H23ClN4O2. The highest BCUT2D eigenvalue weighted by Crippen LogP contribution is 2.28. The van der Waals surface area contributed by atoms with E-state index >= 15 is 0 Å². The Morgan fingerprint density at radius 1 is 1.33 bits per heavy atom. The van der Waals surface area contributed by atoms with Gasteiger partial charge in [0.25, 0.3) is 5.91 Å². The number of carbonyl (C=O) groups is 1. The van der Waals surface area contributed by atoms with Crippen LogP contribution in [0.15, 0.2) is 36.4 Å². The summed E-state index contributed by atoms with van der Waals surface area (Å²) in [6, 6.07) is 11.4. The second-order valence-electron chi connectivity index (χ2n) is 6.56. The lowest BCUT2D eigenvalue weighted by atomic mass is 10.1. The fraction of sp³-hybridized carbons (Fsp3) is 0.300. The van der Waals surface area contributed by atoms with Crippen LogP contribution in [-0.4, -0.2) is 29.1 Å². The lowest BCUT2D eigenvalue weighted by molar-refractivity contribution is 0.0951. The minimum absolute atomic E-state index is 0.263. The van der Waals surface area contributed by atoms with Gasteiger partial charge in [0.15, 0.2) is 0 Å². The molecule has 0 saturated carbocycles. The zero-order valence-corrected chi connectivity index (χ0v) is 16.4. The van der Waals surface area contributed by atoms with E-state index in [0.717, 1.165) is 16.9 Å². The van der Waals surface area contributed by atoms with Crippen molar-refractivity contribution in [3.05, 3.63) is 52.8 Å². The van der Waals surface area contributed by atoms with Gasteiger partial charge in [-0.1, -0.05) is 23.7 Å². The van der Waals surface area contributed by atoms with Crippen LogP contribution in [0.5, 0.6) is 5.75 Å². The molecule has 142 valence electrons. The molecule has 1 heterocycles. The number of aromatic nitrogens is 2. The lowest BCUT2D eigenvalue weighted by Gasteiger charge is -2.14. The van der Waals surface area contributed by atoms with Gasteiger partial charge >= 0.3 is 0 Å². The van der Waals surface area contributed by atoms with Gasteiger partial charge in [0.05, 0.1) is 34.4 Å². The number of nitrogens with one attached hydrogen (secondary N) is 1. The molecule has 1 aromatic heterocycles. The van der Waals surface area contributed by atoms with Gasteiger partial charge in [-0.05, 0) is 32.0 Å². The van der Waals surface area contributed by atoms with E-state index in [1.807, 2.05) is 18.2 Å². The van der Waals surface area contributed by atoms with Crippen LogP contribution in [0.2, 0.25) is 5.02 Å². The highest BCUT2D eigenvalue weighted by atomic mass is 35.5. The van der Waals surface area contributed by atoms with Crippen LogP contribution in [-0.2, 0) is 6.42 Å². The lowest BCUT2D eigenvalue weighted by Crippen LogP contribution is -2.27. The Morgan fingerprint density at radius 3 is 2.78 bits per heavy atom. The smallest absolute Gasteiger partial charge is 0.255 e. The summed E-state index contributed by atoms with van der Waals surface area (Å²) in [6.45, 7) is 4.69. The molecule has 3 rings (SSSR count). The Labute approximate surface area is 163 Å². The topological polar surface area (TPSA) is 82.2 Å². The van der Waals surface area contributed by atoms with Crippen LogP contribution in [0.4, 0.5) is 5.69 Å². The van der Waals surface area contributed by atoms with Crippen molar-refractivity contribution in [3.8, 4) is 5.75 Å². The third-order valence-electron chi connectivity index (χ3n) is 4.38. The molecular weight excluding hydrogens is 364 g/mol. The van der Waals surface area contributed by atoms with Crippen molar-refractivity contribution in [3.63, 3.8) is 0 Å². The van der Waals surface area contributed by atoms with Crippen molar-refractivity contribution in [1.29, 1.82) is 0 Å². The Balaban J connectivity index is 1.75. The van der Waals surface area contributed by atoms with E-state index < -0.39 is 0 Å². The summed E-state index contributed by atoms with van der Waals surface area (Å²) in [7, 11) is 1.49. The van der Waals surface area contributed by atoms with Crippen LogP contribution in [0.1, 0.15) is 36.1 Å². The zero-order chi connectivity index (χ0) is 19.6. The minimum Gasteiger partial charge on any atom is -0.496 e. The largest absolute Gasteiger partial charge is 0.496 e. The number of hydrogen-bond acceptors (Lipinski definition) is 4. The first-order valence-corrected chi connectivity index (χ1v) is 9.17. The van der Waals surface area contributed by atoms with Crippen molar-refractivity contribution in [2.24, 2.45) is 0 Å². The van der Waals surface area contributed by atoms with Crippen LogP contribution in [0.3, 0.4) is 0 Å². The number of amides is 1. The van der Waals surface area contributed by atoms with Crippen molar-refractivity contribution in [1.82, 2.24) is 14.9 Å². The number of halogens is 1. The summed E-state index contributed by atoms with van der Waals surface area (Å²) < 4.78 is 7.44. The second kappa shape index (κ2) is 7.88. The van der Waals surface area contributed by atoms with Crippen LogP contribution < -0.4 is 15.8 Å². The van der Waals surface area contributed by atoms with E-state index in [0.29, 0.717) is 35.0 Å². The summed E-state index contributed by atoms with van der Waals surface area (Å²) in [4.78, 5) is 17.3. The molecule has 0 atom stereocenters. The summed E-state index contributed by atoms with van der Waals surface area (Å²) in [6.07, 6.45) is 0.615. The quantitative estimate of drug-likeness (QED) is 0.630. The van der Waals surface area contributed by atoms with Crippen LogP contribution >= 0.6 is 11.6 Å². The Bertz CT molecular complexity index is 982. The standard InChI is InChI=1S/C20H23ClN4O2/c1-12(2)25-17-7-5-4-6-16(17)24-19(25)8-9-23-20(26)13-10-14(21)15(22)11-18(13)27-3/h4-7,10-12H,8-9,22H2,1-3H3,(H,23,26). The van der Waals surface area contributed by atoms with Gasteiger partial charge in [0, 0.05) is 25.1 Å². The first kappa shape index (κ1) is 19.0. The van der Waals surface area contributed by atoms with Crippen molar-refractivity contribution < 1.29 is 9.53 Å². The monoisotopic (exact) mass is 386 g/mol. The highest BCUT2D eigenvalue weighted by molar-refractivity contribution is 6.33. The number of imidazole rings is 1. The van der Waals surface area contributed by atoms with Crippen LogP contribution in [0, 0.1) is 0 Å². The molecule has 7 heteroatoms. The van der Waals surface area contributed by atoms with Crippen molar-refractivity contribution >= 4 is 34.2 Å². The van der Waals surface area contributed by atoms with E-state index in [9.17, 15) is 4.79 Å². The third kappa shape index (κ3) is 3.85. The predicted molar refractivity (Wildman–Crippen MR) is 109 cm³/mol. The molecule has 1 amide bonds. The number of anilines is 1. The average Bonchev–Trinajstić information content (AvgIpc) is 3.01. The normalized spacial score (nSPS) is 11.1. The Kier molecular flexibility index (Phi) is 5.56. The maximum atomic E-state index is 12.6. The molecule has 0 radical (unpaired) electrons. The summed E-state index contributed by atoms with van der Waals surface area (Å²) in [5.41, 5.74) is 8.55. The molecule has 0 aliphatic rings. The number of hydrogen-bond donors (Lipinski definition) is 2. The number of para-hydroxylation sites is 2. The molecule has 0 aliphatic heterocycles. The number of ether oxygens (including phenoxy) is 1. The molecule has 0 saturated heterocycles. The fourth-order valence-electron chi connectivity index (χ4n) is 3.15. The number of nitrogen functional groups attached to an aromatic ring is 1. The number of nitrogens with zero attached hydrogens (tertiary/aromatic N) is 2. The number of nitrogens with two attached hydrogens (primary N) is 1. The maximum Gasteiger partial charge on any atom is 0.255 e. The van der Waals surface area contributed by atoms with Crippen LogP contribution in [0.25, 0.3) is 11.0 Å². The summed E-state index contributed by atoms with van der Waals surface area (Å²) >= 11 is 6.04. The summed E-state index contributed by atoms with van der Waals surface area (Å²) in [5.74, 6) is 1.07.